The van der Waals surface area contributed by atoms with Gasteiger partial charge in [0.2, 0.25) is 0 Å². The molecule has 0 bridgehead atoms. The first-order valence-corrected chi connectivity index (χ1v) is 6.62. The van der Waals surface area contributed by atoms with Crippen LogP contribution in [0.5, 0.6) is 0 Å². The second kappa shape index (κ2) is 4.88. The maximum Gasteiger partial charge on any atom is 0.255 e. The molecule has 0 spiro atoms. The molecule has 1 aromatic heterocycles. The van der Waals surface area contributed by atoms with Crippen LogP contribution >= 0.6 is 0 Å². The fourth-order valence-corrected chi connectivity index (χ4v) is 2.17. The van der Waals surface area contributed by atoms with E-state index in [1.54, 1.807) is 0 Å². The van der Waals surface area contributed by atoms with Gasteiger partial charge in [0.15, 0.2) is 0 Å². The van der Waals surface area contributed by atoms with Crippen molar-refractivity contribution in [2.75, 3.05) is 0 Å². The summed E-state index contributed by atoms with van der Waals surface area (Å²) in [6.07, 6.45) is 0.942. The molecule has 0 aliphatic carbocycles. The Morgan fingerprint density at radius 1 is 1.17 bits per heavy atom. The van der Waals surface area contributed by atoms with Gasteiger partial charge in [-0.15, -0.1) is 0 Å². The first-order chi connectivity index (χ1) is 8.09. The monoisotopic (exact) mass is 250 g/mol. The number of hydrogen-bond donors (Lipinski definition) is 1. The van der Waals surface area contributed by atoms with Gasteiger partial charge in [-0.25, -0.2) is 0 Å². The molecule has 1 rings (SSSR count). The molecule has 0 aliphatic rings. The molecule has 1 aromatic rings. The van der Waals surface area contributed by atoms with Crippen LogP contribution in [0.3, 0.4) is 0 Å². The summed E-state index contributed by atoms with van der Waals surface area (Å²) < 4.78 is 1.88. The molecule has 0 radical (unpaired) electrons. The summed E-state index contributed by atoms with van der Waals surface area (Å²) in [5.74, 6) is 0. The summed E-state index contributed by atoms with van der Waals surface area (Å²) >= 11 is 0. The Morgan fingerprint density at radius 3 is 2.11 bits per heavy atom. The lowest BCUT2D eigenvalue weighted by molar-refractivity contribution is 0.478. The van der Waals surface area contributed by atoms with Crippen LogP contribution in [-0.2, 0) is 17.5 Å². The second-order valence-corrected chi connectivity index (χ2v) is 6.56. The van der Waals surface area contributed by atoms with Crippen LogP contribution in [0.4, 0.5) is 0 Å². The van der Waals surface area contributed by atoms with E-state index in [0.29, 0.717) is 5.56 Å². The Kier molecular flexibility index (Phi) is 4.06. The molecule has 0 saturated carbocycles. The minimum atomic E-state index is -0.594. The number of hydrogen-bond acceptors (Lipinski definition) is 2. The van der Waals surface area contributed by atoms with Crippen LogP contribution in [0.2, 0.25) is 0 Å². The lowest BCUT2D eigenvalue weighted by Gasteiger charge is -2.27. The van der Waals surface area contributed by atoms with E-state index >= 15 is 0 Å². The second-order valence-electron chi connectivity index (χ2n) is 6.56. The van der Waals surface area contributed by atoms with E-state index in [4.69, 9.17) is 5.73 Å². The normalized spacial score (nSPS) is 12.8. The SMILES string of the molecule is CCCn1c(C(C)(C)C)ccc(C(C)(C)N)c1=O. The summed E-state index contributed by atoms with van der Waals surface area (Å²) in [6.45, 7) is 13.0. The van der Waals surface area contributed by atoms with E-state index in [9.17, 15) is 4.79 Å². The fraction of sp³-hybridized carbons (Fsp3) is 0.667. The topological polar surface area (TPSA) is 48.0 Å². The average Bonchev–Trinajstić information content (AvgIpc) is 2.17. The van der Waals surface area contributed by atoms with Gasteiger partial charge in [-0.05, 0) is 32.4 Å². The summed E-state index contributed by atoms with van der Waals surface area (Å²) in [4.78, 5) is 12.6. The zero-order chi connectivity index (χ0) is 14.1. The fourth-order valence-electron chi connectivity index (χ4n) is 2.17. The zero-order valence-electron chi connectivity index (χ0n) is 12.5. The van der Waals surface area contributed by atoms with Crippen molar-refractivity contribution in [2.24, 2.45) is 5.73 Å². The molecule has 3 nitrogen and oxygen atoms in total. The highest BCUT2D eigenvalue weighted by molar-refractivity contribution is 5.25. The highest BCUT2D eigenvalue weighted by Crippen LogP contribution is 2.23. The van der Waals surface area contributed by atoms with Gasteiger partial charge in [0.25, 0.3) is 5.56 Å². The van der Waals surface area contributed by atoms with Gasteiger partial charge in [0.1, 0.15) is 0 Å². The quantitative estimate of drug-likeness (QED) is 0.896. The van der Waals surface area contributed by atoms with Crippen LogP contribution in [0.1, 0.15) is 59.2 Å². The Hall–Kier alpha value is -1.09. The Labute approximate surface area is 110 Å². The highest BCUT2D eigenvalue weighted by Gasteiger charge is 2.24. The standard InChI is InChI=1S/C15H26N2O/c1-7-10-17-12(14(2,3)4)9-8-11(13(17)18)15(5,6)16/h8-9H,7,10,16H2,1-6H3. The zero-order valence-corrected chi connectivity index (χ0v) is 12.5. The third-order valence-electron chi connectivity index (χ3n) is 3.08. The van der Waals surface area contributed by atoms with Gasteiger partial charge in [-0.3, -0.25) is 4.79 Å². The number of pyridine rings is 1. The molecule has 0 fully saturated rings. The van der Waals surface area contributed by atoms with Crippen LogP contribution in [0.25, 0.3) is 0 Å². The minimum absolute atomic E-state index is 0.0361. The molecule has 3 heteroatoms. The third kappa shape index (κ3) is 3.02. The van der Waals surface area contributed by atoms with Crippen LogP contribution in [0, 0.1) is 0 Å². The molecule has 102 valence electrons. The summed E-state index contributed by atoms with van der Waals surface area (Å²) in [7, 11) is 0. The van der Waals surface area contributed by atoms with Crippen molar-refractivity contribution in [3.63, 3.8) is 0 Å². The summed E-state index contributed by atoms with van der Waals surface area (Å²) in [6, 6.07) is 3.93. The Balaban J connectivity index is 3.53. The van der Waals surface area contributed by atoms with E-state index in [1.165, 1.54) is 0 Å². The van der Waals surface area contributed by atoms with Crippen molar-refractivity contribution in [3.8, 4) is 0 Å². The molecule has 0 saturated heterocycles. The molecule has 0 aromatic carbocycles. The number of aromatic nitrogens is 1. The molecular weight excluding hydrogens is 224 g/mol. The van der Waals surface area contributed by atoms with E-state index in [1.807, 2.05) is 30.5 Å². The van der Waals surface area contributed by atoms with Gasteiger partial charge >= 0.3 is 0 Å². The maximum atomic E-state index is 12.6. The largest absolute Gasteiger partial charge is 0.322 e. The van der Waals surface area contributed by atoms with Crippen molar-refractivity contribution < 1.29 is 0 Å². The van der Waals surface area contributed by atoms with Crippen molar-refractivity contribution in [1.29, 1.82) is 0 Å². The number of rotatable bonds is 3. The van der Waals surface area contributed by atoms with Gasteiger partial charge in [0, 0.05) is 28.8 Å². The molecule has 0 atom stereocenters. The number of nitrogens with two attached hydrogens (primary N) is 1. The van der Waals surface area contributed by atoms with Crippen LogP contribution in [0.15, 0.2) is 16.9 Å². The molecule has 1 heterocycles. The summed E-state index contributed by atoms with van der Waals surface area (Å²) in [5, 5.41) is 0. The van der Waals surface area contributed by atoms with Gasteiger partial charge < -0.3 is 10.3 Å². The Bertz CT molecular complexity index is 473. The molecule has 0 amide bonds. The first-order valence-electron chi connectivity index (χ1n) is 6.62. The van der Waals surface area contributed by atoms with E-state index in [2.05, 4.69) is 27.7 Å². The third-order valence-corrected chi connectivity index (χ3v) is 3.08. The van der Waals surface area contributed by atoms with Crippen molar-refractivity contribution in [2.45, 2.75) is 65.5 Å². The van der Waals surface area contributed by atoms with E-state index in [-0.39, 0.29) is 11.0 Å². The van der Waals surface area contributed by atoms with Crippen molar-refractivity contribution >= 4 is 0 Å². The lowest BCUT2D eigenvalue weighted by Crippen LogP contribution is -2.40. The van der Waals surface area contributed by atoms with Gasteiger partial charge in [0.05, 0.1) is 0 Å². The lowest BCUT2D eigenvalue weighted by atomic mass is 9.89. The van der Waals surface area contributed by atoms with E-state index in [0.717, 1.165) is 18.7 Å². The molecule has 0 unspecified atom stereocenters. The molecule has 18 heavy (non-hydrogen) atoms. The minimum Gasteiger partial charge on any atom is -0.322 e. The van der Waals surface area contributed by atoms with E-state index < -0.39 is 5.54 Å². The summed E-state index contributed by atoms with van der Waals surface area (Å²) in [5.41, 5.74) is 7.25. The average molecular weight is 250 g/mol. The van der Waals surface area contributed by atoms with Crippen LogP contribution < -0.4 is 11.3 Å². The van der Waals surface area contributed by atoms with Gasteiger partial charge in [-0.1, -0.05) is 27.7 Å². The predicted octanol–water partition coefficient (Wildman–Crippen LogP) is 2.75. The first kappa shape index (κ1) is 15.0. The van der Waals surface area contributed by atoms with Crippen LogP contribution in [-0.4, -0.2) is 4.57 Å². The number of nitrogens with zero attached hydrogens (tertiary/aromatic N) is 1. The smallest absolute Gasteiger partial charge is 0.255 e. The molecule has 2 N–H and O–H groups in total. The van der Waals surface area contributed by atoms with Crippen molar-refractivity contribution in [3.05, 3.63) is 33.7 Å². The highest BCUT2D eigenvalue weighted by atomic mass is 16.1. The predicted molar refractivity (Wildman–Crippen MR) is 76.9 cm³/mol. The van der Waals surface area contributed by atoms with Gasteiger partial charge in [-0.2, -0.15) is 0 Å². The Morgan fingerprint density at radius 2 is 1.72 bits per heavy atom. The maximum absolute atomic E-state index is 12.6. The molecule has 0 aliphatic heterocycles. The van der Waals surface area contributed by atoms with Crippen molar-refractivity contribution in [1.82, 2.24) is 4.57 Å². The molecular formula is C15H26N2O.